The molecule has 6 heteroatoms. The molecule has 1 unspecified atom stereocenters. The average molecular weight is 361 g/mol. The number of nitrogens with one attached hydrogen (secondary N) is 1. The van der Waals surface area contributed by atoms with Crippen molar-refractivity contribution >= 4 is 17.5 Å². The molecule has 1 fully saturated rings. The molecular formula is C19H25ClN4O. The molecule has 2 heterocycles. The maximum absolute atomic E-state index is 12.2. The van der Waals surface area contributed by atoms with E-state index in [0.717, 1.165) is 23.4 Å². The van der Waals surface area contributed by atoms with E-state index < -0.39 is 0 Å². The van der Waals surface area contributed by atoms with Gasteiger partial charge in [0, 0.05) is 25.2 Å². The largest absolute Gasteiger partial charge is 0.353 e. The van der Waals surface area contributed by atoms with Gasteiger partial charge < -0.3 is 5.32 Å². The second kappa shape index (κ2) is 7.58. The van der Waals surface area contributed by atoms with Gasteiger partial charge in [-0.2, -0.15) is 5.10 Å². The first kappa shape index (κ1) is 18.0. The van der Waals surface area contributed by atoms with Crippen molar-refractivity contribution in [2.24, 2.45) is 5.92 Å². The number of aromatic nitrogens is 2. The third-order valence-corrected chi connectivity index (χ3v) is 5.13. The van der Waals surface area contributed by atoms with Crippen molar-refractivity contribution in [1.82, 2.24) is 20.0 Å². The lowest BCUT2D eigenvalue weighted by Gasteiger charge is -2.37. The number of carbonyl (C=O) groups is 1. The van der Waals surface area contributed by atoms with Crippen LogP contribution < -0.4 is 5.32 Å². The summed E-state index contributed by atoms with van der Waals surface area (Å²) in [6, 6.07) is 10.0. The molecule has 1 saturated heterocycles. The second-order valence-corrected chi connectivity index (χ2v) is 7.31. The third kappa shape index (κ3) is 3.88. The van der Waals surface area contributed by atoms with E-state index in [9.17, 15) is 4.79 Å². The number of halogens is 1. The van der Waals surface area contributed by atoms with Gasteiger partial charge in [-0.05, 0) is 18.4 Å². The molecule has 0 saturated carbocycles. The van der Waals surface area contributed by atoms with Gasteiger partial charge in [0.15, 0.2) is 0 Å². The number of rotatable bonds is 5. The van der Waals surface area contributed by atoms with Gasteiger partial charge in [-0.1, -0.05) is 55.8 Å². The highest BCUT2D eigenvalue weighted by Gasteiger charge is 2.33. The fourth-order valence-electron chi connectivity index (χ4n) is 3.47. The van der Waals surface area contributed by atoms with Gasteiger partial charge in [0.1, 0.15) is 5.15 Å². The molecule has 3 rings (SSSR count). The molecule has 1 aromatic carbocycles. The maximum Gasteiger partial charge on any atom is 0.237 e. The number of nitrogens with zero attached hydrogens (tertiary/aromatic N) is 3. The van der Waals surface area contributed by atoms with E-state index in [4.69, 9.17) is 11.6 Å². The first-order valence-electron chi connectivity index (χ1n) is 8.75. The van der Waals surface area contributed by atoms with Gasteiger partial charge in [0.2, 0.25) is 5.91 Å². The molecule has 0 radical (unpaired) electrons. The SMILES string of the molecule is Cc1nn(Cc2ccccc2)c(Cl)c1CN1CCNC(=O)C1C(C)C. The smallest absolute Gasteiger partial charge is 0.237 e. The zero-order valence-electron chi connectivity index (χ0n) is 15.0. The summed E-state index contributed by atoms with van der Waals surface area (Å²) in [5.74, 6) is 0.352. The summed E-state index contributed by atoms with van der Waals surface area (Å²) in [6.07, 6.45) is 0. The van der Waals surface area contributed by atoms with Crippen molar-refractivity contribution in [3.63, 3.8) is 0 Å². The van der Waals surface area contributed by atoms with Crippen LogP contribution in [0.15, 0.2) is 30.3 Å². The van der Waals surface area contributed by atoms with Crippen molar-refractivity contribution in [2.45, 2.75) is 39.9 Å². The molecule has 1 atom stereocenters. The van der Waals surface area contributed by atoms with Gasteiger partial charge in [-0.25, -0.2) is 4.68 Å². The molecule has 0 bridgehead atoms. The van der Waals surface area contributed by atoms with Crippen molar-refractivity contribution < 1.29 is 4.79 Å². The summed E-state index contributed by atoms with van der Waals surface area (Å²) >= 11 is 6.64. The predicted molar refractivity (Wildman–Crippen MR) is 99.6 cm³/mol. The van der Waals surface area contributed by atoms with Crippen LogP contribution in [0.3, 0.4) is 0 Å². The predicted octanol–water partition coefficient (Wildman–Crippen LogP) is 2.85. The quantitative estimate of drug-likeness (QED) is 0.892. The Morgan fingerprint density at radius 2 is 2.00 bits per heavy atom. The number of piperazine rings is 1. The Balaban J connectivity index is 1.82. The van der Waals surface area contributed by atoms with Crippen LogP contribution in [0, 0.1) is 12.8 Å². The second-order valence-electron chi connectivity index (χ2n) is 6.95. The molecule has 134 valence electrons. The summed E-state index contributed by atoms with van der Waals surface area (Å²) in [7, 11) is 0. The van der Waals surface area contributed by atoms with E-state index in [-0.39, 0.29) is 17.9 Å². The van der Waals surface area contributed by atoms with Crippen LogP contribution in [0.1, 0.15) is 30.7 Å². The van der Waals surface area contributed by atoms with E-state index >= 15 is 0 Å². The van der Waals surface area contributed by atoms with Crippen molar-refractivity contribution in [1.29, 1.82) is 0 Å². The first-order valence-corrected chi connectivity index (χ1v) is 9.12. The topological polar surface area (TPSA) is 50.2 Å². The number of hydrogen-bond donors (Lipinski definition) is 1. The van der Waals surface area contributed by atoms with E-state index in [1.165, 1.54) is 0 Å². The molecule has 0 aliphatic carbocycles. The Hall–Kier alpha value is -1.85. The van der Waals surface area contributed by atoms with E-state index in [1.807, 2.05) is 29.8 Å². The number of benzene rings is 1. The van der Waals surface area contributed by atoms with E-state index in [2.05, 4.69) is 41.3 Å². The molecule has 5 nitrogen and oxygen atoms in total. The van der Waals surface area contributed by atoms with E-state index in [0.29, 0.717) is 24.8 Å². The molecule has 1 amide bonds. The van der Waals surface area contributed by atoms with Crippen LogP contribution in [0.2, 0.25) is 5.15 Å². The van der Waals surface area contributed by atoms with Crippen molar-refractivity contribution in [2.75, 3.05) is 13.1 Å². The normalized spacial score (nSPS) is 18.6. The Bertz CT molecular complexity index is 741. The highest BCUT2D eigenvalue weighted by atomic mass is 35.5. The van der Waals surface area contributed by atoms with Crippen molar-refractivity contribution in [3.05, 3.63) is 52.3 Å². The van der Waals surface area contributed by atoms with Crippen LogP contribution in [0.25, 0.3) is 0 Å². The number of carbonyl (C=O) groups excluding carboxylic acids is 1. The van der Waals surface area contributed by atoms with Gasteiger partial charge in [-0.15, -0.1) is 0 Å². The standard InChI is InChI=1S/C19H25ClN4O/c1-13(2)17-19(25)21-9-10-23(17)12-16-14(3)22-24(18(16)20)11-15-7-5-4-6-8-15/h4-8,13,17H,9-12H2,1-3H3,(H,21,25). The average Bonchev–Trinajstić information content (AvgIpc) is 2.83. The molecule has 1 aliphatic heterocycles. The van der Waals surface area contributed by atoms with Gasteiger partial charge >= 0.3 is 0 Å². The molecular weight excluding hydrogens is 336 g/mol. The van der Waals surface area contributed by atoms with E-state index in [1.54, 1.807) is 0 Å². The molecule has 2 aromatic rings. The fraction of sp³-hybridized carbons (Fsp3) is 0.474. The highest BCUT2D eigenvalue weighted by molar-refractivity contribution is 6.30. The number of hydrogen-bond acceptors (Lipinski definition) is 3. The molecule has 0 spiro atoms. The van der Waals surface area contributed by atoms with Crippen LogP contribution in [-0.2, 0) is 17.9 Å². The molecule has 25 heavy (non-hydrogen) atoms. The molecule has 1 aromatic heterocycles. The van der Waals surface area contributed by atoms with Crippen LogP contribution in [0.5, 0.6) is 0 Å². The summed E-state index contributed by atoms with van der Waals surface area (Å²) in [4.78, 5) is 14.5. The summed E-state index contributed by atoms with van der Waals surface area (Å²) in [6.45, 7) is 8.94. The summed E-state index contributed by atoms with van der Waals surface area (Å²) in [5.41, 5.74) is 3.10. The minimum Gasteiger partial charge on any atom is -0.353 e. The fourth-order valence-corrected chi connectivity index (χ4v) is 3.76. The lowest BCUT2D eigenvalue weighted by molar-refractivity contribution is -0.131. The number of aryl methyl sites for hydroxylation is 1. The summed E-state index contributed by atoms with van der Waals surface area (Å²) < 4.78 is 1.84. The molecule has 1 N–H and O–H groups in total. The Morgan fingerprint density at radius 1 is 1.28 bits per heavy atom. The number of amides is 1. The molecule has 1 aliphatic rings. The minimum absolute atomic E-state index is 0.103. The zero-order valence-corrected chi connectivity index (χ0v) is 15.8. The Kier molecular flexibility index (Phi) is 5.45. The Morgan fingerprint density at radius 3 is 2.68 bits per heavy atom. The van der Waals surface area contributed by atoms with Gasteiger partial charge in [0.25, 0.3) is 0 Å². The highest BCUT2D eigenvalue weighted by Crippen LogP contribution is 2.25. The third-order valence-electron chi connectivity index (χ3n) is 4.71. The van der Waals surface area contributed by atoms with Crippen LogP contribution >= 0.6 is 11.6 Å². The van der Waals surface area contributed by atoms with Crippen LogP contribution in [-0.4, -0.2) is 39.7 Å². The van der Waals surface area contributed by atoms with Crippen LogP contribution in [0.4, 0.5) is 0 Å². The maximum atomic E-state index is 12.2. The first-order chi connectivity index (χ1) is 12.0. The van der Waals surface area contributed by atoms with Crippen molar-refractivity contribution in [3.8, 4) is 0 Å². The summed E-state index contributed by atoms with van der Waals surface area (Å²) in [5, 5.41) is 8.24. The zero-order chi connectivity index (χ0) is 18.0. The van der Waals surface area contributed by atoms with Gasteiger partial charge in [-0.3, -0.25) is 9.69 Å². The monoisotopic (exact) mass is 360 g/mol. The lowest BCUT2D eigenvalue weighted by Crippen LogP contribution is -2.56. The lowest BCUT2D eigenvalue weighted by atomic mass is 9.99. The van der Waals surface area contributed by atoms with Gasteiger partial charge in [0.05, 0.1) is 18.3 Å². The minimum atomic E-state index is -0.123. The Labute approximate surface area is 154 Å².